The van der Waals surface area contributed by atoms with Gasteiger partial charge in [-0.1, -0.05) is 41.9 Å². The first kappa shape index (κ1) is 17.4. The Morgan fingerprint density at radius 3 is 2.52 bits per heavy atom. The van der Waals surface area contributed by atoms with Crippen LogP contribution in [0.4, 0.5) is 5.69 Å². The van der Waals surface area contributed by atoms with Gasteiger partial charge in [-0.25, -0.2) is 4.79 Å². The molecule has 5 nitrogen and oxygen atoms in total. The Kier molecular flexibility index (Phi) is 4.24. The number of anilines is 1. The van der Waals surface area contributed by atoms with Crippen molar-refractivity contribution in [3.8, 4) is 11.3 Å². The molecule has 0 saturated carbocycles. The molecule has 2 aromatic carbocycles. The predicted molar refractivity (Wildman–Crippen MR) is 104 cm³/mol. The first-order valence-corrected chi connectivity index (χ1v) is 8.85. The van der Waals surface area contributed by atoms with Gasteiger partial charge in [-0.3, -0.25) is 4.79 Å². The normalized spacial score (nSPS) is 15.4. The highest BCUT2D eigenvalue weighted by atomic mass is 35.5. The van der Waals surface area contributed by atoms with E-state index < -0.39 is 11.9 Å². The van der Waals surface area contributed by atoms with Crippen LogP contribution in [-0.4, -0.2) is 24.0 Å². The standard InChI is InChI=1S/C21H17ClN2O3/c1-11-16(21(26)27-2)18(19(23-11)12-7-9-13(22)10-8-12)17-14-5-3-4-6-15(14)24-20(17)25/h3-10,17,23H,1-2H3,(H,24,25). The fraction of sp³-hybridized carbons (Fsp3) is 0.143. The van der Waals surface area contributed by atoms with Crippen molar-refractivity contribution >= 4 is 29.2 Å². The van der Waals surface area contributed by atoms with E-state index in [4.69, 9.17) is 16.3 Å². The Morgan fingerprint density at radius 1 is 1.11 bits per heavy atom. The molecule has 4 rings (SSSR count). The van der Waals surface area contributed by atoms with E-state index in [1.165, 1.54) is 7.11 Å². The number of esters is 1. The second-order valence-electron chi connectivity index (χ2n) is 6.42. The zero-order valence-electron chi connectivity index (χ0n) is 14.8. The highest BCUT2D eigenvalue weighted by Gasteiger charge is 2.38. The fourth-order valence-corrected chi connectivity index (χ4v) is 3.76. The summed E-state index contributed by atoms with van der Waals surface area (Å²) in [5.74, 6) is -1.25. The minimum Gasteiger partial charge on any atom is -0.465 e. The smallest absolute Gasteiger partial charge is 0.340 e. The number of aromatic nitrogens is 1. The van der Waals surface area contributed by atoms with Gasteiger partial charge in [0.25, 0.3) is 0 Å². The summed E-state index contributed by atoms with van der Waals surface area (Å²) in [4.78, 5) is 28.6. The predicted octanol–water partition coefficient (Wildman–Crippen LogP) is 4.51. The number of halogens is 1. The second-order valence-corrected chi connectivity index (χ2v) is 6.86. The third-order valence-corrected chi connectivity index (χ3v) is 5.08. The van der Waals surface area contributed by atoms with Crippen LogP contribution in [0.25, 0.3) is 11.3 Å². The molecule has 1 aliphatic heterocycles. The second kappa shape index (κ2) is 6.59. The summed E-state index contributed by atoms with van der Waals surface area (Å²) in [6, 6.07) is 14.8. The van der Waals surface area contributed by atoms with Gasteiger partial charge in [-0.2, -0.15) is 0 Å². The van der Waals surface area contributed by atoms with Gasteiger partial charge >= 0.3 is 5.97 Å². The number of ether oxygens (including phenoxy) is 1. The summed E-state index contributed by atoms with van der Waals surface area (Å²) in [5, 5.41) is 3.51. The number of aromatic amines is 1. The lowest BCUT2D eigenvalue weighted by atomic mass is 9.87. The molecule has 0 radical (unpaired) electrons. The largest absolute Gasteiger partial charge is 0.465 e. The quantitative estimate of drug-likeness (QED) is 0.656. The zero-order chi connectivity index (χ0) is 19.1. The molecule has 3 aromatic rings. The van der Waals surface area contributed by atoms with E-state index in [-0.39, 0.29) is 5.91 Å². The van der Waals surface area contributed by atoms with Crippen molar-refractivity contribution in [2.24, 2.45) is 0 Å². The highest BCUT2D eigenvalue weighted by molar-refractivity contribution is 6.30. The van der Waals surface area contributed by atoms with Gasteiger partial charge in [-0.15, -0.1) is 0 Å². The number of benzene rings is 2. The summed E-state index contributed by atoms with van der Waals surface area (Å²) in [6.07, 6.45) is 0. The van der Waals surface area contributed by atoms with Crippen molar-refractivity contribution in [2.75, 3.05) is 12.4 Å². The van der Waals surface area contributed by atoms with Crippen LogP contribution in [0.5, 0.6) is 0 Å². The topological polar surface area (TPSA) is 71.2 Å². The van der Waals surface area contributed by atoms with E-state index in [0.29, 0.717) is 27.5 Å². The Balaban J connectivity index is 1.99. The maximum atomic E-state index is 12.8. The van der Waals surface area contributed by atoms with Crippen LogP contribution in [-0.2, 0) is 9.53 Å². The van der Waals surface area contributed by atoms with Crippen molar-refractivity contribution in [1.29, 1.82) is 0 Å². The van der Waals surface area contributed by atoms with Gasteiger partial charge in [0.2, 0.25) is 5.91 Å². The molecule has 0 spiro atoms. The van der Waals surface area contributed by atoms with E-state index in [1.54, 1.807) is 19.1 Å². The minimum absolute atomic E-state index is 0.171. The molecule has 2 N–H and O–H groups in total. The van der Waals surface area contributed by atoms with Crippen molar-refractivity contribution in [3.05, 3.63) is 75.9 Å². The molecular formula is C21H17ClN2O3. The average Bonchev–Trinajstić information content (AvgIpc) is 3.17. The van der Waals surface area contributed by atoms with Gasteiger partial charge in [0.05, 0.1) is 24.3 Å². The van der Waals surface area contributed by atoms with Gasteiger partial charge in [0, 0.05) is 22.0 Å². The molecule has 0 aliphatic carbocycles. The first-order chi connectivity index (χ1) is 13.0. The lowest BCUT2D eigenvalue weighted by molar-refractivity contribution is -0.116. The van der Waals surface area contributed by atoms with Crippen LogP contribution in [0.3, 0.4) is 0 Å². The van der Waals surface area contributed by atoms with E-state index in [1.807, 2.05) is 36.4 Å². The van der Waals surface area contributed by atoms with Crippen molar-refractivity contribution in [3.63, 3.8) is 0 Å². The van der Waals surface area contributed by atoms with Gasteiger partial charge < -0.3 is 15.0 Å². The number of aryl methyl sites for hydroxylation is 1. The number of H-pyrrole nitrogens is 1. The molecule has 27 heavy (non-hydrogen) atoms. The lowest BCUT2D eigenvalue weighted by Crippen LogP contribution is -2.17. The number of rotatable bonds is 3. The number of hydrogen-bond donors (Lipinski definition) is 2. The fourth-order valence-electron chi connectivity index (χ4n) is 3.64. The number of para-hydroxylation sites is 1. The number of carbonyl (C=O) groups excluding carboxylic acids is 2. The Morgan fingerprint density at radius 2 is 1.81 bits per heavy atom. The van der Waals surface area contributed by atoms with Crippen LogP contribution < -0.4 is 5.32 Å². The van der Waals surface area contributed by atoms with Crippen LogP contribution in [0.1, 0.15) is 33.1 Å². The van der Waals surface area contributed by atoms with E-state index >= 15 is 0 Å². The molecule has 0 fully saturated rings. The zero-order valence-corrected chi connectivity index (χ0v) is 15.6. The molecule has 1 aromatic heterocycles. The number of hydrogen-bond acceptors (Lipinski definition) is 3. The van der Waals surface area contributed by atoms with E-state index in [9.17, 15) is 9.59 Å². The molecule has 1 atom stereocenters. The summed E-state index contributed by atoms with van der Waals surface area (Å²) in [5.41, 5.74) is 4.79. The molecule has 2 heterocycles. The summed E-state index contributed by atoms with van der Waals surface area (Å²) in [6.45, 7) is 1.80. The molecule has 6 heteroatoms. The molecule has 1 unspecified atom stereocenters. The summed E-state index contributed by atoms with van der Waals surface area (Å²) >= 11 is 6.02. The summed E-state index contributed by atoms with van der Waals surface area (Å²) < 4.78 is 5.00. The molecule has 136 valence electrons. The first-order valence-electron chi connectivity index (χ1n) is 8.47. The monoisotopic (exact) mass is 380 g/mol. The third kappa shape index (κ3) is 2.80. The number of nitrogens with one attached hydrogen (secondary N) is 2. The molecular weight excluding hydrogens is 364 g/mol. The van der Waals surface area contributed by atoms with Crippen LogP contribution in [0.2, 0.25) is 5.02 Å². The van der Waals surface area contributed by atoms with Gasteiger partial charge in [-0.05, 0) is 36.2 Å². The Labute approximate surface area is 161 Å². The maximum Gasteiger partial charge on any atom is 0.340 e. The SMILES string of the molecule is COC(=O)c1c(C)[nH]c(-c2ccc(Cl)cc2)c1C1C(=O)Nc2ccccc21. The molecule has 0 bridgehead atoms. The number of fused-ring (bicyclic) bond motifs is 1. The Bertz CT molecular complexity index is 1050. The van der Waals surface area contributed by atoms with E-state index in [0.717, 1.165) is 16.8 Å². The highest BCUT2D eigenvalue weighted by Crippen LogP contribution is 2.43. The minimum atomic E-state index is -0.606. The Hall–Kier alpha value is -3.05. The molecule has 0 saturated heterocycles. The third-order valence-electron chi connectivity index (χ3n) is 4.83. The van der Waals surface area contributed by atoms with Crippen molar-refractivity contribution < 1.29 is 14.3 Å². The van der Waals surface area contributed by atoms with Crippen LogP contribution in [0.15, 0.2) is 48.5 Å². The summed E-state index contributed by atoms with van der Waals surface area (Å²) in [7, 11) is 1.34. The van der Waals surface area contributed by atoms with Gasteiger partial charge in [0.1, 0.15) is 0 Å². The average molecular weight is 381 g/mol. The molecule has 1 amide bonds. The van der Waals surface area contributed by atoms with E-state index in [2.05, 4.69) is 10.3 Å². The van der Waals surface area contributed by atoms with Gasteiger partial charge in [0.15, 0.2) is 0 Å². The maximum absolute atomic E-state index is 12.8. The van der Waals surface area contributed by atoms with Crippen LogP contribution >= 0.6 is 11.6 Å². The lowest BCUT2D eigenvalue weighted by Gasteiger charge is -2.13. The number of amides is 1. The van der Waals surface area contributed by atoms with Crippen molar-refractivity contribution in [2.45, 2.75) is 12.8 Å². The number of carbonyl (C=O) groups is 2. The number of methoxy groups -OCH3 is 1. The molecule has 1 aliphatic rings. The van der Waals surface area contributed by atoms with Crippen molar-refractivity contribution in [1.82, 2.24) is 4.98 Å². The van der Waals surface area contributed by atoms with Crippen LogP contribution in [0, 0.1) is 6.92 Å².